The van der Waals surface area contributed by atoms with Gasteiger partial charge in [-0.3, -0.25) is 9.20 Å². The van der Waals surface area contributed by atoms with Gasteiger partial charge in [-0.15, -0.1) is 0 Å². The molecule has 0 aliphatic rings. The van der Waals surface area contributed by atoms with E-state index in [1.165, 1.54) is 11.1 Å². The molecule has 4 heteroatoms. The molecule has 0 fully saturated rings. The predicted molar refractivity (Wildman–Crippen MR) is 90.7 cm³/mol. The van der Waals surface area contributed by atoms with Crippen LogP contribution in [0.25, 0.3) is 16.7 Å². The molecule has 4 rings (SSSR count). The minimum absolute atomic E-state index is 0.0687. The van der Waals surface area contributed by atoms with Crippen molar-refractivity contribution in [2.24, 2.45) is 0 Å². The van der Waals surface area contributed by atoms with Crippen LogP contribution in [0.1, 0.15) is 16.8 Å². The maximum absolute atomic E-state index is 12.8. The van der Waals surface area contributed by atoms with Crippen LogP contribution in [0.3, 0.4) is 0 Å². The van der Waals surface area contributed by atoms with Crippen molar-refractivity contribution in [3.63, 3.8) is 0 Å². The maximum atomic E-state index is 12.8. The zero-order valence-corrected chi connectivity index (χ0v) is 12.7. The Labute approximate surface area is 133 Å². The molecule has 0 amide bonds. The third kappa shape index (κ3) is 2.38. The molecule has 0 N–H and O–H groups in total. The van der Waals surface area contributed by atoms with Crippen molar-refractivity contribution in [1.29, 1.82) is 0 Å². The summed E-state index contributed by atoms with van der Waals surface area (Å²) in [5.41, 5.74) is 4.37. The van der Waals surface area contributed by atoms with Gasteiger partial charge in [-0.05, 0) is 36.8 Å². The molecule has 0 spiro atoms. The first-order chi connectivity index (χ1) is 11.2. The highest BCUT2D eigenvalue weighted by Gasteiger charge is 2.09. The van der Waals surface area contributed by atoms with Crippen LogP contribution in [0.2, 0.25) is 0 Å². The Morgan fingerprint density at radius 3 is 2.65 bits per heavy atom. The molecule has 0 aliphatic carbocycles. The van der Waals surface area contributed by atoms with Crippen molar-refractivity contribution in [2.75, 3.05) is 0 Å². The molecule has 0 unspecified atom stereocenters. The molecule has 0 saturated heterocycles. The summed E-state index contributed by atoms with van der Waals surface area (Å²) in [6.07, 6.45) is 2.34. The average Bonchev–Trinajstić information content (AvgIpc) is 2.57. The molecular formula is C19H15N3O. The summed E-state index contributed by atoms with van der Waals surface area (Å²) >= 11 is 0. The van der Waals surface area contributed by atoms with Gasteiger partial charge in [0, 0.05) is 18.3 Å². The van der Waals surface area contributed by atoms with Gasteiger partial charge in [-0.2, -0.15) is 0 Å². The van der Waals surface area contributed by atoms with E-state index in [9.17, 15) is 4.79 Å². The van der Waals surface area contributed by atoms with Gasteiger partial charge in [0.1, 0.15) is 5.65 Å². The molecule has 1 aromatic carbocycles. The molecular weight excluding hydrogens is 286 g/mol. The molecule has 4 aromatic rings. The lowest BCUT2D eigenvalue weighted by molar-refractivity contribution is 0.955. The van der Waals surface area contributed by atoms with Gasteiger partial charge in [0.15, 0.2) is 5.65 Å². The van der Waals surface area contributed by atoms with Crippen molar-refractivity contribution in [1.82, 2.24) is 14.4 Å². The predicted octanol–water partition coefficient (Wildman–Crippen LogP) is 3.14. The second-order valence-electron chi connectivity index (χ2n) is 5.66. The first kappa shape index (κ1) is 13.6. The van der Waals surface area contributed by atoms with Gasteiger partial charge >= 0.3 is 0 Å². The Hall–Kier alpha value is -3.01. The minimum Gasteiger partial charge on any atom is -0.268 e. The number of nitrogens with zero attached hydrogens (tertiary/aromatic N) is 3. The Morgan fingerprint density at radius 2 is 1.83 bits per heavy atom. The fraction of sp³-hybridized carbons (Fsp3) is 0.105. The molecule has 0 aliphatic heterocycles. The molecule has 23 heavy (non-hydrogen) atoms. The Morgan fingerprint density at radius 1 is 1.00 bits per heavy atom. The van der Waals surface area contributed by atoms with E-state index >= 15 is 0 Å². The lowest BCUT2D eigenvalue weighted by atomic mass is 10.1. The number of hydrogen-bond acceptors (Lipinski definition) is 3. The van der Waals surface area contributed by atoms with E-state index < -0.39 is 0 Å². The molecule has 3 aromatic heterocycles. The lowest BCUT2D eigenvalue weighted by Gasteiger charge is -2.09. The van der Waals surface area contributed by atoms with Gasteiger partial charge < -0.3 is 0 Å². The van der Waals surface area contributed by atoms with E-state index in [1.54, 1.807) is 22.7 Å². The van der Waals surface area contributed by atoms with Gasteiger partial charge in [0.2, 0.25) is 0 Å². The number of aromatic nitrogens is 3. The SMILES string of the molecule is Cc1ccc(Cc2cccc3nc4ncccc4c(=O)n23)cc1. The van der Waals surface area contributed by atoms with E-state index in [1.807, 2.05) is 18.2 Å². The fourth-order valence-electron chi connectivity index (χ4n) is 2.80. The molecule has 3 heterocycles. The Balaban J connectivity index is 1.94. The third-order valence-electron chi connectivity index (χ3n) is 4.00. The number of rotatable bonds is 2. The van der Waals surface area contributed by atoms with E-state index in [0.29, 0.717) is 23.1 Å². The van der Waals surface area contributed by atoms with Gasteiger partial charge in [-0.1, -0.05) is 35.9 Å². The summed E-state index contributed by atoms with van der Waals surface area (Å²) in [4.78, 5) is 21.5. The fourth-order valence-corrected chi connectivity index (χ4v) is 2.80. The lowest BCUT2D eigenvalue weighted by Crippen LogP contribution is -2.19. The zero-order valence-electron chi connectivity index (χ0n) is 12.7. The topological polar surface area (TPSA) is 47.3 Å². The second kappa shape index (κ2) is 5.32. The minimum atomic E-state index is -0.0687. The smallest absolute Gasteiger partial charge is 0.267 e. The van der Waals surface area contributed by atoms with Crippen LogP contribution in [0, 0.1) is 6.92 Å². The van der Waals surface area contributed by atoms with Crippen molar-refractivity contribution in [2.45, 2.75) is 13.3 Å². The van der Waals surface area contributed by atoms with E-state index in [-0.39, 0.29) is 5.56 Å². The van der Waals surface area contributed by atoms with Crippen LogP contribution in [0.5, 0.6) is 0 Å². The highest BCUT2D eigenvalue weighted by molar-refractivity contribution is 5.75. The van der Waals surface area contributed by atoms with Crippen LogP contribution < -0.4 is 5.56 Å². The molecule has 0 atom stereocenters. The quantitative estimate of drug-likeness (QED) is 0.534. The number of aryl methyl sites for hydroxylation is 1. The van der Waals surface area contributed by atoms with E-state index in [4.69, 9.17) is 0 Å². The van der Waals surface area contributed by atoms with Gasteiger partial charge in [0.05, 0.1) is 5.39 Å². The summed E-state index contributed by atoms with van der Waals surface area (Å²) in [7, 11) is 0. The molecule has 0 radical (unpaired) electrons. The largest absolute Gasteiger partial charge is 0.268 e. The summed E-state index contributed by atoms with van der Waals surface area (Å²) in [6, 6.07) is 17.6. The highest BCUT2D eigenvalue weighted by Crippen LogP contribution is 2.13. The summed E-state index contributed by atoms with van der Waals surface area (Å²) in [5, 5.41) is 0.543. The number of fused-ring (bicyclic) bond motifs is 2. The van der Waals surface area contributed by atoms with Crippen LogP contribution in [0.4, 0.5) is 0 Å². The van der Waals surface area contributed by atoms with Crippen molar-refractivity contribution in [3.8, 4) is 0 Å². The van der Waals surface area contributed by atoms with Gasteiger partial charge in [-0.25, -0.2) is 9.97 Å². The normalized spacial score (nSPS) is 11.2. The molecule has 0 bridgehead atoms. The summed E-state index contributed by atoms with van der Waals surface area (Å²) in [6.45, 7) is 2.06. The molecule has 112 valence electrons. The molecule has 0 saturated carbocycles. The Kier molecular flexibility index (Phi) is 3.15. The van der Waals surface area contributed by atoms with Crippen molar-refractivity contribution >= 4 is 16.7 Å². The van der Waals surface area contributed by atoms with Crippen LogP contribution >= 0.6 is 0 Å². The Bertz CT molecular complexity index is 1070. The summed E-state index contributed by atoms with van der Waals surface area (Å²) < 4.78 is 1.68. The van der Waals surface area contributed by atoms with E-state index in [2.05, 4.69) is 41.2 Å². The van der Waals surface area contributed by atoms with Crippen molar-refractivity contribution in [3.05, 3.63) is 88.0 Å². The second-order valence-corrected chi connectivity index (χ2v) is 5.66. The highest BCUT2D eigenvalue weighted by atomic mass is 16.1. The van der Waals surface area contributed by atoms with Crippen molar-refractivity contribution < 1.29 is 0 Å². The monoisotopic (exact) mass is 301 g/mol. The van der Waals surface area contributed by atoms with Crippen LogP contribution in [-0.4, -0.2) is 14.4 Å². The first-order valence-electron chi connectivity index (χ1n) is 7.53. The number of pyridine rings is 2. The standard InChI is InChI=1S/C19H15N3O/c1-13-7-9-14(10-8-13)12-15-4-2-6-17-21-18-16(5-3-11-20-18)19(23)22(15)17/h2-11H,12H2,1H3. The van der Waals surface area contributed by atoms with E-state index in [0.717, 1.165) is 5.69 Å². The zero-order chi connectivity index (χ0) is 15.8. The number of hydrogen-bond donors (Lipinski definition) is 0. The van der Waals surface area contributed by atoms with Crippen LogP contribution in [-0.2, 0) is 6.42 Å². The first-order valence-corrected chi connectivity index (χ1v) is 7.53. The third-order valence-corrected chi connectivity index (χ3v) is 4.00. The number of benzene rings is 1. The van der Waals surface area contributed by atoms with Crippen LogP contribution in [0.15, 0.2) is 65.6 Å². The van der Waals surface area contributed by atoms with Gasteiger partial charge in [0.25, 0.3) is 5.56 Å². The summed E-state index contributed by atoms with van der Waals surface area (Å²) in [5.74, 6) is 0. The average molecular weight is 301 g/mol. The molecule has 4 nitrogen and oxygen atoms in total. The maximum Gasteiger partial charge on any atom is 0.267 e.